The predicted molar refractivity (Wildman–Crippen MR) is 48.6 cm³/mol. The molecule has 0 unspecified atom stereocenters. The van der Waals surface area contributed by atoms with Gasteiger partial charge >= 0.3 is 0 Å². The van der Waals surface area contributed by atoms with Gasteiger partial charge in [-0.2, -0.15) is 0 Å². The maximum atomic E-state index is 9.72. The smallest absolute Gasteiger partial charge is 0.186 e. The van der Waals surface area contributed by atoms with E-state index in [9.17, 15) is 10.2 Å². The lowest BCUT2D eigenvalue weighted by molar-refractivity contribution is -0.283. The van der Waals surface area contributed by atoms with Crippen LogP contribution in [0.2, 0.25) is 0 Å². The molecule has 5 heteroatoms. The summed E-state index contributed by atoms with van der Waals surface area (Å²) in [5.41, 5.74) is 0. The zero-order valence-corrected chi connectivity index (χ0v) is 8.46. The van der Waals surface area contributed by atoms with Gasteiger partial charge in [-0.25, -0.2) is 0 Å². The first kappa shape index (κ1) is 11.9. The normalized spacial score (nSPS) is 43.9. The van der Waals surface area contributed by atoms with Crippen LogP contribution in [0.25, 0.3) is 0 Å². The molecule has 1 aliphatic rings. The fraction of sp³-hybridized carbons (Fsp3) is 1.00. The van der Waals surface area contributed by atoms with E-state index in [0.717, 1.165) is 0 Å². The molecular weight excluding hydrogens is 188 g/mol. The first-order valence-electron chi connectivity index (χ1n) is 4.80. The Hall–Kier alpha value is -0.200. The van der Waals surface area contributed by atoms with Crippen molar-refractivity contribution < 1.29 is 24.8 Å². The van der Waals surface area contributed by atoms with Gasteiger partial charge in [0.2, 0.25) is 0 Å². The van der Waals surface area contributed by atoms with Gasteiger partial charge in [0.05, 0.1) is 18.8 Å². The minimum absolute atomic E-state index is 0.178. The summed E-state index contributed by atoms with van der Waals surface area (Å²) in [5.74, 6) is -0.249. The molecule has 0 saturated carbocycles. The third-order valence-electron chi connectivity index (χ3n) is 2.74. The second-order valence-corrected chi connectivity index (χ2v) is 3.51. The number of hydrogen-bond acceptors (Lipinski definition) is 5. The van der Waals surface area contributed by atoms with E-state index in [1.165, 1.54) is 7.11 Å². The van der Waals surface area contributed by atoms with E-state index in [-0.39, 0.29) is 12.5 Å². The van der Waals surface area contributed by atoms with E-state index in [2.05, 4.69) is 0 Å². The quantitative estimate of drug-likeness (QED) is 0.557. The second-order valence-electron chi connectivity index (χ2n) is 3.51. The van der Waals surface area contributed by atoms with Crippen LogP contribution in [0.1, 0.15) is 13.3 Å². The van der Waals surface area contributed by atoms with Gasteiger partial charge in [-0.3, -0.25) is 0 Å². The molecule has 3 N–H and O–H groups in total. The molecule has 1 rings (SSSR count). The van der Waals surface area contributed by atoms with Crippen molar-refractivity contribution in [1.29, 1.82) is 0 Å². The van der Waals surface area contributed by atoms with E-state index >= 15 is 0 Å². The van der Waals surface area contributed by atoms with Gasteiger partial charge in [0.1, 0.15) is 6.10 Å². The van der Waals surface area contributed by atoms with Crippen molar-refractivity contribution in [2.24, 2.45) is 5.92 Å². The van der Waals surface area contributed by atoms with Crippen LogP contribution in [-0.4, -0.2) is 53.6 Å². The number of methoxy groups -OCH3 is 1. The standard InChI is InChI=1S/C9H18O5/c1-3-5-6(4-10)14-9(13-2)8(12)7(5)11/h5-12H,3-4H2,1-2H3/t5-,6-,7+,8-,9+/m1/s1. The van der Waals surface area contributed by atoms with Crippen LogP contribution < -0.4 is 0 Å². The van der Waals surface area contributed by atoms with Gasteiger partial charge in [-0.15, -0.1) is 0 Å². The summed E-state index contributed by atoms with van der Waals surface area (Å²) in [5, 5.41) is 28.3. The van der Waals surface area contributed by atoms with Crippen LogP contribution in [-0.2, 0) is 9.47 Å². The van der Waals surface area contributed by atoms with Gasteiger partial charge < -0.3 is 24.8 Å². The molecule has 0 amide bonds. The van der Waals surface area contributed by atoms with Crippen molar-refractivity contribution >= 4 is 0 Å². The van der Waals surface area contributed by atoms with Crippen molar-refractivity contribution in [1.82, 2.24) is 0 Å². The van der Waals surface area contributed by atoms with Crippen molar-refractivity contribution in [3.63, 3.8) is 0 Å². The number of ether oxygens (including phenoxy) is 2. The lowest BCUT2D eigenvalue weighted by atomic mass is 9.87. The summed E-state index contributed by atoms with van der Waals surface area (Å²) in [7, 11) is 1.39. The van der Waals surface area contributed by atoms with Crippen molar-refractivity contribution in [3.05, 3.63) is 0 Å². The SMILES string of the molecule is CC[C@H]1[C@H](O)[C@@H](O)[C@@H](OC)O[C@@H]1CO. The molecule has 0 aliphatic carbocycles. The van der Waals surface area contributed by atoms with E-state index in [4.69, 9.17) is 14.6 Å². The van der Waals surface area contributed by atoms with E-state index in [1.54, 1.807) is 0 Å². The summed E-state index contributed by atoms with van der Waals surface area (Å²) in [4.78, 5) is 0. The Bertz CT molecular complexity index is 173. The fourth-order valence-corrected chi connectivity index (χ4v) is 1.87. The summed E-state index contributed by atoms with van der Waals surface area (Å²) in [6.07, 6.45) is -2.64. The molecule has 5 nitrogen and oxygen atoms in total. The highest BCUT2D eigenvalue weighted by Gasteiger charge is 2.43. The molecule has 1 fully saturated rings. The fourth-order valence-electron chi connectivity index (χ4n) is 1.87. The minimum atomic E-state index is -1.05. The van der Waals surface area contributed by atoms with Gasteiger partial charge in [0, 0.05) is 13.0 Å². The summed E-state index contributed by atoms with van der Waals surface area (Å²) < 4.78 is 10.1. The average molecular weight is 206 g/mol. The Morgan fingerprint density at radius 1 is 1.29 bits per heavy atom. The van der Waals surface area contributed by atoms with Gasteiger partial charge in [-0.05, 0) is 6.42 Å². The Morgan fingerprint density at radius 3 is 2.36 bits per heavy atom. The molecule has 1 heterocycles. The summed E-state index contributed by atoms with van der Waals surface area (Å²) in [6.45, 7) is 1.70. The molecule has 14 heavy (non-hydrogen) atoms. The molecule has 0 radical (unpaired) electrons. The van der Waals surface area contributed by atoms with Crippen LogP contribution in [0.15, 0.2) is 0 Å². The highest BCUT2D eigenvalue weighted by molar-refractivity contribution is 4.87. The number of aliphatic hydroxyl groups is 3. The first-order chi connectivity index (χ1) is 6.65. The van der Waals surface area contributed by atoms with Crippen LogP contribution in [0, 0.1) is 5.92 Å². The third-order valence-corrected chi connectivity index (χ3v) is 2.74. The summed E-state index contributed by atoms with van der Waals surface area (Å²) in [6, 6.07) is 0. The maximum Gasteiger partial charge on any atom is 0.186 e. The minimum Gasteiger partial charge on any atom is -0.394 e. The Morgan fingerprint density at radius 2 is 1.93 bits per heavy atom. The molecular formula is C9H18O5. The molecule has 0 spiro atoms. The average Bonchev–Trinajstić information content (AvgIpc) is 2.21. The molecule has 0 aromatic carbocycles. The van der Waals surface area contributed by atoms with Gasteiger partial charge in [-0.1, -0.05) is 6.92 Å². The van der Waals surface area contributed by atoms with E-state index in [0.29, 0.717) is 6.42 Å². The van der Waals surface area contributed by atoms with Crippen molar-refractivity contribution in [2.45, 2.75) is 37.9 Å². The Balaban J connectivity index is 2.71. The van der Waals surface area contributed by atoms with E-state index in [1.807, 2.05) is 6.92 Å². The lowest BCUT2D eigenvalue weighted by Gasteiger charge is -2.41. The second kappa shape index (κ2) is 5.04. The molecule has 0 aromatic rings. The molecule has 0 aromatic heterocycles. The van der Waals surface area contributed by atoms with Crippen LogP contribution >= 0.6 is 0 Å². The molecule has 1 aliphatic heterocycles. The zero-order valence-electron chi connectivity index (χ0n) is 8.46. The van der Waals surface area contributed by atoms with Crippen molar-refractivity contribution in [2.75, 3.05) is 13.7 Å². The van der Waals surface area contributed by atoms with Crippen LogP contribution in [0.3, 0.4) is 0 Å². The van der Waals surface area contributed by atoms with Crippen LogP contribution in [0.5, 0.6) is 0 Å². The highest BCUT2D eigenvalue weighted by Crippen LogP contribution is 2.28. The highest BCUT2D eigenvalue weighted by atomic mass is 16.7. The maximum absolute atomic E-state index is 9.72. The first-order valence-corrected chi connectivity index (χ1v) is 4.80. The monoisotopic (exact) mass is 206 g/mol. The number of rotatable bonds is 3. The largest absolute Gasteiger partial charge is 0.394 e. The number of hydrogen-bond donors (Lipinski definition) is 3. The molecule has 1 saturated heterocycles. The van der Waals surface area contributed by atoms with Crippen molar-refractivity contribution in [3.8, 4) is 0 Å². The topological polar surface area (TPSA) is 79.2 Å². The number of aliphatic hydroxyl groups excluding tert-OH is 3. The Kier molecular flexibility index (Phi) is 4.28. The molecule has 5 atom stereocenters. The van der Waals surface area contributed by atoms with Crippen LogP contribution in [0.4, 0.5) is 0 Å². The predicted octanol–water partition coefficient (Wildman–Crippen LogP) is -0.902. The Labute approximate surface area is 83.3 Å². The summed E-state index contributed by atoms with van der Waals surface area (Å²) >= 11 is 0. The zero-order chi connectivity index (χ0) is 10.7. The third kappa shape index (κ3) is 2.07. The molecule has 84 valence electrons. The van der Waals surface area contributed by atoms with Gasteiger partial charge in [0.25, 0.3) is 0 Å². The van der Waals surface area contributed by atoms with E-state index < -0.39 is 24.6 Å². The molecule has 0 bridgehead atoms. The lowest BCUT2D eigenvalue weighted by Crippen LogP contribution is -2.55. The van der Waals surface area contributed by atoms with Gasteiger partial charge in [0.15, 0.2) is 6.29 Å².